The van der Waals surface area contributed by atoms with Crippen LogP contribution in [0.1, 0.15) is 25.3 Å². The standard InChI is InChI=1S/C22H28N2O9/c1-13(16(20(28)31-2)21(29)32-3)17(19(26)27)23-18(25)15-10-7-11-24(15)22(30)33-12-14-8-5-4-6-9-14/h4-6,8-9,13,15-17H,7,10-12H2,1-3H3,(H,23,25)(H,26,27)/t13-,15-,17+/m1/s1. The van der Waals surface area contributed by atoms with Gasteiger partial charge in [-0.15, -0.1) is 0 Å². The maximum Gasteiger partial charge on any atom is 0.410 e. The van der Waals surface area contributed by atoms with Crippen LogP contribution in [0.15, 0.2) is 30.3 Å². The number of carbonyl (C=O) groups excluding carboxylic acids is 4. The van der Waals surface area contributed by atoms with E-state index in [0.717, 1.165) is 19.8 Å². The maximum atomic E-state index is 12.9. The van der Waals surface area contributed by atoms with Gasteiger partial charge in [0.25, 0.3) is 0 Å². The van der Waals surface area contributed by atoms with Gasteiger partial charge in [0.1, 0.15) is 18.7 Å². The van der Waals surface area contributed by atoms with Crippen LogP contribution in [0.5, 0.6) is 0 Å². The van der Waals surface area contributed by atoms with Gasteiger partial charge in [-0.2, -0.15) is 0 Å². The Morgan fingerprint density at radius 2 is 1.70 bits per heavy atom. The van der Waals surface area contributed by atoms with E-state index in [0.29, 0.717) is 12.8 Å². The lowest BCUT2D eigenvalue weighted by molar-refractivity contribution is -0.163. The molecule has 0 unspecified atom stereocenters. The Morgan fingerprint density at radius 3 is 2.24 bits per heavy atom. The van der Waals surface area contributed by atoms with Gasteiger partial charge < -0.3 is 24.6 Å². The molecule has 11 heteroatoms. The van der Waals surface area contributed by atoms with Crippen molar-refractivity contribution in [3.05, 3.63) is 35.9 Å². The Morgan fingerprint density at radius 1 is 1.09 bits per heavy atom. The molecule has 1 aliphatic rings. The number of nitrogens with one attached hydrogen (secondary N) is 1. The van der Waals surface area contributed by atoms with E-state index in [1.807, 2.05) is 6.07 Å². The van der Waals surface area contributed by atoms with Gasteiger partial charge in [0.15, 0.2) is 5.92 Å². The second kappa shape index (κ2) is 11.8. The lowest BCUT2D eigenvalue weighted by Gasteiger charge is -2.29. The number of carboxylic acids is 1. The number of nitrogens with zero attached hydrogens (tertiary/aromatic N) is 1. The number of methoxy groups -OCH3 is 2. The summed E-state index contributed by atoms with van der Waals surface area (Å²) in [5, 5.41) is 12.0. The first kappa shape index (κ1) is 25.6. The molecule has 33 heavy (non-hydrogen) atoms. The quantitative estimate of drug-likeness (QED) is 0.309. The van der Waals surface area contributed by atoms with E-state index < -0.39 is 53.8 Å². The SMILES string of the molecule is COC(=O)C(C(=O)OC)[C@@H](C)[C@H](NC(=O)[C@H]1CCCN1C(=O)OCc1ccccc1)C(=O)O. The topological polar surface area (TPSA) is 149 Å². The van der Waals surface area contributed by atoms with Gasteiger partial charge in [0.2, 0.25) is 5.91 Å². The number of hydrogen-bond acceptors (Lipinski definition) is 8. The largest absolute Gasteiger partial charge is 0.480 e. The summed E-state index contributed by atoms with van der Waals surface area (Å²) in [5.74, 6) is -6.89. The molecule has 0 spiro atoms. The second-order valence-electron chi connectivity index (χ2n) is 7.60. The van der Waals surface area contributed by atoms with Crippen LogP contribution in [0.3, 0.4) is 0 Å². The molecule has 1 aromatic rings. The average molecular weight is 464 g/mol. The van der Waals surface area contributed by atoms with Crippen LogP contribution < -0.4 is 5.32 Å². The summed E-state index contributed by atoms with van der Waals surface area (Å²) in [5.41, 5.74) is 0.780. The van der Waals surface area contributed by atoms with Gasteiger partial charge in [-0.05, 0) is 18.4 Å². The first-order chi connectivity index (χ1) is 15.7. The van der Waals surface area contributed by atoms with Gasteiger partial charge >= 0.3 is 24.0 Å². The Bertz CT molecular complexity index is 858. The number of carboxylic acid groups (broad SMARTS) is 1. The van der Waals surface area contributed by atoms with Crippen molar-refractivity contribution in [2.45, 2.75) is 38.5 Å². The highest BCUT2D eigenvalue weighted by Gasteiger charge is 2.44. The van der Waals surface area contributed by atoms with E-state index >= 15 is 0 Å². The molecule has 1 saturated heterocycles. The first-order valence-electron chi connectivity index (χ1n) is 10.4. The predicted molar refractivity (Wildman–Crippen MR) is 113 cm³/mol. The van der Waals surface area contributed by atoms with Crippen LogP contribution in [-0.2, 0) is 40.0 Å². The van der Waals surface area contributed by atoms with Crippen LogP contribution >= 0.6 is 0 Å². The lowest BCUT2D eigenvalue weighted by atomic mass is 9.87. The maximum absolute atomic E-state index is 12.9. The minimum Gasteiger partial charge on any atom is -0.480 e. The zero-order valence-electron chi connectivity index (χ0n) is 18.7. The van der Waals surface area contributed by atoms with E-state index in [1.54, 1.807) is 24.3 Å². The number of aliphatic carboxylic acids is 1. The minimum absolute atomic E-state index is 0.0270. The van der Waals surface area contributed by atoms with Gasteiger partial charge in [0.05, 0.1) is 14.2 Å². The van der Waals surface area contributed by atoms with Gasteiger partial charge in [0, 0.05) is 12.5 Å². The van der Waals surface area contributed by atoms with Crippen LogP contribution in [0, 0.1) is 11.8 Å². The molecule has 0 aliphatic carbocycles. The Labute approximate surface area is 191 Å². The third-order valence-corrected chi connectivity index (χ3v) is 5.52. The Hall–Kier alpha value is -3.63. The second-order valence-corrected chi connectivity index (χ2v) is 7.60. The van der Waals surface area contributed by atoms with Crippen molar-refractivity contribution in [1.82, 2.24) is 10.2 Å². The highest BCUT2D eigenvalue weighted by atomic mass is 16.6. The summed E-state index contributed by atoms with van der Waals surface area (Å²) in [7, 11) is 2.10. The highest BCUT2D eigenvalue weighted by molar-refractivity contribution is 5.96. The van der Waals surface area contributed by atoms with Gasteiger partial charge in [-0.25, -0.2) is 9.59 Å². The number of rotatable bonds is 9. The molecular formula is C22H28N2O9. The zero-order valence-corrected chi connectivity index (χ0v) is 18.7. The number of likely N-dealkylation sites (tertiary alicyclic amines) is 1. The molecule has 0 aromatic heterocycles. The molecule has 3 atom stereocenters. The third kappa shape index (κ3) is 6.43. The van der Waals surface area contributed by atoms with Crippen molar-refractivity contribution in [1.29, 1.82) is 0 Å². The molecule has 2 N–H and O–H groups in total. The van der Waals surface area contributed by atoms with Crippen molar-refractivity contribution in [2.75, 3.05) is 20.8 Å². The summed E-state index contributed by atoms with van der Waals surface area (Å²) in [6, 6.07) is 6.47. The van der Waals surface area contributed by atoms with Crippen LogP contribution in [0.4, 0.5) is 4.79 Å². The molecule has 1 fully saturated rings. The van der Waals surface area contributed by atoms with Gasteiger partial charge in [-0.1, -0.05) is 37.3 Å². The van der Waals surface area contributed by atoms with E-state index in [-0.39, 0.29) is 13.2 Å². The molecule has 1 aliphatic heterocycles. The van der Waals surface area contributed by atoms with Crippen molar-refractivity contribution in [2.24, 2.45) is 11.8 Å². The van der Waals surface area contributed by atoms with E-state index in [2.05, 4.69) is 14.8 Å². The van der Waals surface area contributed by atoms with Crippen molar-refractivity contribution in [3.63, 3.8) is 0 Å². The average Bonchev–Trinajstić information content (AvgIpc) is 3.31. The van der Waals surface area contributed by atoms with E-state index in [9.17, 15) is 29.1 Å². The van der Waals surface area contributed by atoms with Crippen molar-refractivity contribution < 1.29 is 43.3 Å². The summed E-state index contributed by atoms with van der Waals surface area (Å²) in [4.78, 5) is 62.6. The monoisotopic (exact) mass is 464 g/mol. The van der Waals surface area contributed by atoms with Crippen LogP contribution in [-0.4, -0.2) is 72.8 Å². The summed E-state index contributed by atoms with van der Waals surface area (Å²) < 4.78 is 14.5. The smallest absolute Gasteiger partial charge is 0.410 e. The number of benzene rings is 1. The Kier molecular flexibility index (Phi) is 9.19. The molecule has 1 heterocycles. The molecule has 0 radical (unpaired) electrons. The zero-order chi connectivity index (χ0) is 24.5. The molecule has 180 valence electrons. The Balaban J connectivity index is 2.10. The summed E-state index contributed by atoms with van der Waals surface area (Å²) in [6.07, 6.45) is 0.141. The molecule has 1 aromatic carbocycles. The predicted octanol–water partition coefficient (Wildman–Crippen LogP) is 0.955. The van der Waals surface area contributed by atoms with E-state index in [4.69, 9.17) is 4.74 Å². The van der Waals surface area contributed by atoms with Crippen LogP contribution in [0.2, 0.25) is 0 Å². The normalized spacial score (nSPS) is 17.1. The fourth-order valence-corrected chi connectivity index (χ4v) is 3.70. The third-order valence-electron chi connectivity index (χ3n) is 5.52. The number of carbonyl (C=O) groups is 5. The molecular weight excluding hydrogens is 436 g/mol. The number of hydrogen-bond donors (Lipinski definition) is 2. The van der Waals surface area contributed by atoms with Crippen molar-refractivity contribution in [3.8, 4) is 0 Å². The molecule has 2 rings (SSSR count). The van der Waals surface area contributed by atoms with Crippen LogP contribution in [0.25, 0.3) is 0 Å². The fourth-order valence-electron chi connectivity index (χ4n) is 3.70. The number of ether oxygens (including phenoxy) is 3. The molecule has 0 saturated carbocycles. The highest BCUT2D eigenvalue weighted by Crippen LogP contribution is 2.23. The summed E-state index contributed by atoms with van der Waals surface area (Å²) >= 11 is 0. The van der Waals surface area contributed by atoms with Crippen molar-refractivity contribution >= 4 is 29.9 Å². The minimum atomic E-state index is -1.61. The first-order valence-corrected chi connectivity index (χ1v) is 10.4. The molecule has 2 amide bonds. The lowest BCUT2D eigenvalue weighted by Crippen LogP contribution is -2.55. The molecule has 0 bridgehead atoms. The summed E-state index contributed by atoms with van der Waals surface area (Å²) in [6.45, 7) is 1.61. The van der Waals surface area contributed by atoms with E-state index in [1.165, 1.54) is 11.8 Å². The number of amides is 2. The molecule has 11 nitrogen and oxygen atoms in total. The number of esters is 2. The fraction of sp³-hybridized carbons (Fsp3) is 0.500. The van der Waals surface area contributed by atoms with Gasteiger partial charge in [-0.3, -0.25) is 19.3 Å².